The summed E-state index contributed by atoms with van der Waals surface area (Å²) in [5.41, 5.74) is 0.00124. The molecule has 88 valence electrons. The Morgan fingerprint density at radius 3 is 2.27 bits per heavy atom. The van der Waals surface area contributed by atoms with Gasteiger partial charge in [0.1, 0.15) is 0 Å². The van der Waals surface area contributed by atoms with Crippen LogP contribution in [0, 0.1) is 0 Å². The zero-order valence-corrected chi connectivity index (χ0v) is 12.2. The highest BCUT2D eigenvalue weighted by Crippen LogP contribution is 2.41. The largest absolute Gasteiger partial charge is 0.408 e. The summed E-state index contributed by atoms with van der Waals surface area (Å²) in [5.74, 6) is 0. The van der Waals surface area contributed by atoms with Gasteiger partial charge in [-0.15, -0.1) is 0 Å². The monoisotopic (exact) mass is 226 g/mol. The Kier molecular flexibility index (Phi) is 3.51. The SMILES string of the molecule is CC(C)(C)[Si](C)(C)O[C@@]1(C)C=CCCC1. The van der Waals surface area contributed by atoms with Gasteiger partial charge in [-0.05, 0) is 44.3 Å². The topological polar surface area (TPSA) is 9.23 Å². The van der Waals surface area contributed by atoms with Crippen LogP contribution in [0.15, 0.2) is 12.2 Å². The van der Waals surface area contributed by atoms with Gasteiger partial charge in [0.25, 0.3) is 0 Å². The normalized spacial score (nSPS) is 28.1. The van der Waals surface area contributed by atoms with Crippen LogP contribution in [-0.2, 0) is 4.43 Å². The van der Waals surface area contributed by atoms with Crippen LogP contribution in [0.3, 0.4) is 0 Å². The number of hydrogen-bond acceptors (Lipinski definition) is 1. The van der Waals surface area contributed by atoms with Gasteiger partial charge < -0.3 is 4.43 Å². The van der Waals surface area contributed by atoms with Crippen molar-refractivity contribution in [2.45, 2.75) is 70.7 Å². The molecule has 0 unspecified atom stereocenters. The maximum atomic E-state index is 6.48. The van der Waals surface area contributed by atoms with Crippen molar-refractivity contribution in [1.82, 2.24) is 0 Å². The first-order valence-electron chi connectivity index (χ1n) is 6.04. The molecule has 2 heteroatoms. The average Bonchev–Trinajstić information content (AvgIpc) is 2.00. The first kappa shape index (κ1) is 13.0. The highest BCUT2D eigenvalue weighted by Gasteiger charge is 2.42. The molecule has 15 heavy (non-hydrogen) atoms. The van der Waals surface area contributed by atoms with E-state index >= 15 is 0 Å². The lowest BCUT2D eigenvalue weighted by Crippen LogP contribution is -2.48. The van der Waals surface area contributed by atoms with Crippen molar-refractivity contribution in [1.29, 1.82) is 0 Å². The molecule has 0 spiro atoms. The minimum atomic E-state index is -1.62. The quantitative estimate of drug-likeness (QED) is 0.497. The third-order valence-electron chi connectivity index (χ3n) is 3.81. The Morgan fingerprint density at radius 2 is 1.87 bits per heavy atom. The lowest BCUT2D eigenvalue weighted by molar-refractivity contribution is 0.105. The summed E-state index contributed by atoms with van der Waals surface area (Å²) < 4.78 is 6.48. The molecule has 0 N–H and O–H groups in total. The molecule has 1 nitrogen and oxygen atoms in total. The summed E-state index contributed by atoms with van der Waals surface area (Å²) in [6.45, 7) is 13.8. The molecule has 0 fully saturated rings. The zero-order valence-electron chi connectivity index (χ0n) is 11.2. The summed E-state index contributed by atoms with van der Waals surface area (Å²) in [4.78, 5) is 0. The van der Waals surface area contributed by atoms with E-state index in [4.69, 9.17) is 4.43 Å². The minimum Gasteiger partial charge on any atom is -0.408 e. The molecular formula is C13H26OSi. The first-order chi connectivity index (χ1) is 6.66. The Balaban J connectivity index is 2.76. The van der Waals surface area contributed by atoms with Crippen LogP contribution in [0.1, 0.15) is 47.0 Å². The van der Waals surface area contributed by atoms with Crippen molar-refractivity contribution in [2.75, 3.05) is 0 Å². The fourth-order valence-corrected chi connectivity index (χ4v) is 3.45. The molecule has 0 aromatic carbocycles. The standard InChI is InChI=1S/C13H26OSi/c1-12(2,3)15(5,6)14-13(4)10-8-7-9-11-13/h8,10H,7,9,11H2,1-6H3/t13-/m0/s1. The molecule has 0 saturated heterocycles. The summed E-state index contributed by atoms with van der Waals surface area (Å²) in [6, 6.07) is 0. The summed E-state index contributed by atoms with van der Waals surface area (Å²) in [6.07, 6.45) is 8.21. The van der Waals surface area contributed by atoms with Crippen molar-refractivity contribution in [3.05, 3.63) is 12.2 Å². The van der Waals surface area contributed by atoms with Crippen LogP contribution >= 0.6 is 0 Å². The van der Waals surface area contributed by atoms with Crippen LogP contribution < -0.4 is 0 Å². The Hall–Kier alpha value is -0.0831. The van der Waals surface area contributed by atoms with Gasteiger partial charge in [0.2, 0.25) is 0 Å². The highest BCUT2D eigenvalue weighted by molar-refractivity contribution is 6.74. The molecule has 1 rings (SSSR count). The van der Waals surface area contributed by atoms with E-state index in [1.165, 1.54) is 19.3 Å². The Bertz CT molecular complexity index is 250. The zero-order chi connectivity index (χ0) is 11.7. The smallest absolute Gasteiger partial charge is 0.193 e. The Labute approximate surface area is 96.0 Å². The third-order valence-corrected chi connectivity index (χ3v) is 8.40. The van der Waals surface area contributed by atoms with Crippen molar-refractivity contribution < 1.29 is 4.43 Å². The second-order valence-electron chi connectivity index (χ2n) is 6.47. The number of hydrogen-bond donors (Lipinski definition) is 0. The summed E-state index contributed by atoms with van der Waals surface area (Å²) in [7, 11) is -1.62. The predicted octanol–water partition coefficient (Wildman–Crippen LogP) is 4.51. The van der Waals surface area contributed by atoms with Crippen LogP contribution in [0.25, 0.3) is 0 Å². The van der Waals surface area contributed by atoms with E-state index in [1.807, 2.05) is 0 Å². The minimum absolute atomic E-state index is 0.00124. The van der Waals surface area contributed by atoms with Crippen LogP contribution in [0.4, 0.5) is 0 Å². The van der Waals surface area contributed by atoms with Crippen LogP contribution in [0.5, 0.6) is 0 Å². The first-order valence-corrected chi connectivity index (χ1v) is 8.95. The van der Waals surface area contributed by atoms with Crippen molar-refractivity contribution in [3.8, 4) is 0 Å². The van der Waals surface area contributed by atoms with E-state index in [9.17, 15) is 0 Å². The highest BCUT2D eigenvalue weighted by atomic mass is 28.4. The van der Waals surface area contributed by atoms with Gasteiger partial charge in [-0.1, -0.05) is 32.9 Å². The van der Waals surface area contributed by atoms with Crippen LogP contribution in [-0.4, -0.2) is 13.9 Å². The van der Waals surface area contributed by atoms with Gasteiger partial charge in [-0.3, -0.25) is 0 Å². The summed E-state index contributed by atoms with van der Waals surface area (Å²) in [5, 5.41) is 0.307. The van der Waals surface area contributed by atoms with Crippen molar-refractivity contribution >= 4 is 8.32 Å². The molecule has 0 aromatic heterocycles. The van der Waals surface area contributed by atoms with Gasteiger partial charge in [0.05, 0.1) is 5.60 Å². The van der Waals surface area contributed by atoms with E-state index in [0.717, 1.165) is 0 Å². The number of rotatable bonds is 2. The van der Waals surface area contributed by atoms with Gasteiger partial charge in [-0.2, -0.15) is 0 Å². The second kappa shape index (κ2) is 4.06. The van der Waals surface area contributed by atoms with Crippen LogP contribution in [0.2, 0.25) is 18.1 Å². The Morgan fingerprint density at radius 1 is 1.27 bits per heavy atom. The van der Waals surface area contributed by atoms with Crippen molar-refractivity contribution in [3.63, 3.8) is 0 Å². The van der Waals surface area contributed by atoms with E-state index in [2.05, 4.69) is 52.9 Å². The second-order valence-corrected chi connectivity index (χ2v) is 11.2. The molecule has 0 saturated carbocycles. The van der Waals surface area contributed by atoms with Gasteiger partial charge >= 0.3 is 0 Å². The lowest BCUT2D eigenvalue weighted by atomic mass is 9.93. The fraction of sp³-hybridized carbons (Fsp3) is 0.846. The van der Waals surface area contributed by atoms with E-state index in [1.54, 1.807) is 0 Å². The van der Waals surface area contributed by atoms with Gasteiger partial charge in [-0.25, -0.2) is 0 Å². The van der Waals surface area contributed by atoms with Crippen molar-refractivity contribution in [2.24, 2.45) is 0 Å². The molecule has 0 aromatic rings. The summed E-state index contributed by atoms with van der Waals surface area (Å²) >= 11 is 0. The lowest BCUT2D eigenvalue weighted by Gasteiger charge is -2.44. The molecule has 1 aliphatic carbocycles. The molecule has 0 heterocycles. The van der Waals surface area contributed by atoms with E-state index in [0.29, 0.717) is 5.04 Å². The van der Waals surface area contributed by atoms with E-state index < -0.39 is 8.32 Å². The third kappa shape index (κ3) is 3.18. The van der Waals surface area contributed by atoms with Gasteiger partial charge in [0, 0.05) is 0 Å². The molecule has 0 amide bonds. The maximum Gasteiger partial charge on any atom is 0.193 e. The molecular weight excluding hydrogens is 200 g/mol. The molecule has 0 radical (unpaired) electrons. The molecule has 1 aliphatic rings. The van der Waals surface area contributed by atoms with Gasteiger partial charge in [0.15, 0.2) is 8.32 Å². The maximum absolute atomic E-state index is 6.48. The fourth-order valence-electron chi connectivity index (χ4n) is 1.81. The molecule has 0 bridgehead atoms. The molecule has 0 aliphatic heterocycles. The molecule has 1 atom stereocenters. The number of allylic oxidation sites excluding steroid dienone is 1. The average molecular weight is 226 g/mol. The predicted molar refractivity (Wildman–Crippen MR) is 69.7 cm³/mol. The van der Waals surface area contributed by atoms with E-state index in [-0.39, 0.29) is 5.60 Å².